The second-order valence-corrected chi connectivity index (χ2v) is 4.83. The van der Waals surface area contributed by atoms with E-state index >= 15 is 0 Å². The van der Waals surface area contributed by atoms with Gasteiger partial charge in [-0.15, -0.1) is 0 Å². The van der Waals surface area contributed by atoms with Crippen LogP contribution in [-0.2, 0) is 14.3 Å². The molecule has 0 saturated heterocycles. The molecule has 2 atom stereocenters. The Kier molecular flexibility index (Phi) is 4.52. The maximum atomic E-state index is 12.0. The number of nitro benzene ring substituents is 1. The lowest BCUT2D eigenvalue weighted by molar-refractivity contribution is -0.384. The number of ether oxygens (including phenoxy) is 2. The maximum Gasteiger partial charge on any atom is 0.338 e. The van der Waals surface area contributed by atoms with Crippen LogP contribution in [0.1, 0.15) is 36.5 Å². The summed E-state index contributed by atoms with van der Waals surface area (Å²) in [6, 6.07) is 5.18. The number of carbonyl (C=O) groups excluding carboxylic acids is 2. The molecule has 2 rings (SSSR count). The molecular formula is C14H15NO6. The lowest BCUT2D eigenvalue weighted by Crippen LogP contribution is -2.30. The summed E-state index contributed by atoms with van der Waals surface area (Å²) >= 11 is 0. The first-order chi connectivity index (χ1) is 9.97. The normalized spacial score (nSPS) is 20.8. The van der Waals surface area contributed by atoms with Crippen LogP contribution in [-0.4, -0.2) is 29.1 Å². The van der Waals surface area contributed by atoms with E-state index in [1.807, 2.05) is 0 Å². The predicted octanol–water partition coefficient (Wildman–Crippen LogP) is 2.24. The summed E-state index contributed by atoms with van der Waals surface area (Å²) < 4.78 is 10.4. The number of rotatable bonds is 4. The molecule has 0 N–H and O–H groups in total. The van der Waals surface area contributed by atoms with E-state index in [4.69, 9.17) is 9.47 Å². The number of hydrogen-bond acceptors (Lipinski definition) is 6. The molecule has 1 aromatic rings. The summed E-state index contributed by atoms with van der Waals surface area (Å²) in [4.78, 5) is 33.0. The molecule has 7 heteroatoms. The van der Waals surface area contributed by atoms with Crippen LogP contribution in [0.4, 0.5) is 5.69 Å². The van der Waals surface area contributed by atoms with Crippen molar-refractivity contribution in [1.82, 2.24) is 0 Å². The number of benzene rings is 1. The van der Waals surface area contributed by atoms with Gasteiger partial charge in [0.15, 0.2) is 0 Å². The van der Waals surface area contributed by atoms with E-state index in [1.165, 1.54) is 31.2 Å². The molecule has 0 bridgehead atoms. The molecule has 1 aromatic carbocycles. The van der Waals surface area contributed by atoms with Crippen molar-refractivity contribution in [2.45, 2.75) is 38.4 Å². The van der Waals surface area contributed by atoms with Crippen molar-refractivity contribution in [3.63, 3.8) is 0 Å². The van der Waals surface area contributed by atoms with Crippen molar-refractivity contribution >= 4 is 17.6 Å². The van der Waals surface area contributed by atoms with Crippen LogP contribution in [0.15, 0.2) is 24.3 Å². The molecule has 1 aliphatic carbocycles. The fourth-order valence-electron chi connectivity index (χ4n) is 2.30. The summed E-state index contributed by atoms with van der Waals surface area (Å²) in [6.45, 7) is 1.31. The predicted molar refractivity (Wildman–Crippen MR) is 71.7 cm³/mol. The maximum absolute atomic E-state index is 12.0. The summed E-state index contributed by atoms with van der Waals surface area (Å²) in [7, 11) is 0. The Hall–Kier alpha value is -2.44. The van der Waals surface area contributed by atoms with E-state index in [-0.39, 0.29) is 11.3 Å². The van der Waals surface area contributed by atoms with Gasteiger partial charge in [0.25, 0.3) is 5.69 Å². The number of esters is 2. The number of nitro groups is 1. The number of carbonyl (C=O) groups is 2. The molecule has 0 aliphatic heterocycles. The molecule has 0 unspecified atom stereocenters. The standard InChI is InChI=1S/C14H15NO6/c1-9(16)20-12-3-2-4-13(12)21-14(17)10-5-7-11(8-6-10)15(18)19/h5-8,12-13H,2-4H2,1H3/t12-,13-/m0/s1. The van der Waals surface area contributed by atoms with Gasteiger partial charge in [0.1, 0.15) is 12.2 Å². The third-order valence-electron chi connectivity index (χ3n) is 3.28. The van der Waals surface area contributed by atoms with Crippen LogP contribution < -0.4 is 0 Å². The molecule has 0 aromatic heterocycles. The summed E-state index contributed by atoms with van der Waals surface area (Å²) in [5, 5.41) is 10.5. The van der Waals surface area contributed by atoms with Gasteiger partial charge in [-0.05, 0) is 31.4 Å². The Morgan fingerprint density at radius 1 is 1.14 bits per heavy atom. The van der Waals surface area contributed by atoms with Crippen LogP contribution in [0, 0.1) is 10.1 Å². The highest BCUT2D eigenvalue weighted by Crippen LogP contribution is 2.26. The smallest absolute Gasteiger partial charge is 0.338 e. The van der Waals surface area contributed by atoms with E-state index in [9.17, 15) is 19.7 Å². The van der Waals surface area contributed by atoms with Gasteiger partial charge in [0.05, 0.1) is 10.5 Å². The third-order valence-corrected chi connectivity index (χ3v) is 3.28. The molecule has 112 valence electrons. The second kappa shape index (κ2) is 6.34. The highest BCUT2D eigenvalue weighted by Gasteiger charge is 2.33. The Balaban J connectivity index is 2.00. The Labute approximate surface area is 121 Å². The Morgan fingerprint density at radius 2 is 1.71 bits per heavy atom. The lowest BCUT2D eigenvalue weighted by Gasteiger charge is -2.19. The zero-order valence-electron chi connectivity index (χ0n) is 11.5. The molecule has 0 heterocycles. The van der Waals surface area contributed by atoms with Gasteiger partial charge in [-0.3, -0.25) is 14.9 Å². The fraction of sp³-hybridized carbons (Fsp3) is 0.429. The molecular weight excluding hydrogens is 278 g/mol. The molecule has 1 aliphatic rings. The van der Waals surface area contributed by atoms with E-state index in [0.29, 0.717) is 12.8 Å². The number of hydrogen-bond donors (Lipinski definition) is 0. The van der Waals surface area contributed by atoms with Crippen LogP contribution >= 0.6 is 0 Å². The fourth-order valence-corrected chi connectivity index (χ4v) is 2.30. The van der Waals surface area contributed by atoms with E-state index < -0.39 is 29.1 Å². The zero-order chi connectivity index (χ0) is 15.4. The summed E-state index contributed by atoms with van der Waals surface area (Å²) in [5.74, 6) is -0.979. The van der Waals surface area contributed by atoms with Crippen molar-refractivity contribution in [2.24, 2.45) is 0 Å². The number of nitrogens with zero attached hydrogens (tertiary/aromatic N) is 1. The minimum absolute atomic E-state index is 0.0924. The molecule has 1 saturated carbocycles. The van der Waals surface area contributed by atoms with Gasteiger partial charge in [-0.25, -0.2) is 4.79 Å². The summed E-state index contributed by atoms with van der Waals surface area (Å²) in [5.41, 5.74) is 0.138. The average molecular weight is 293 g/mol. The first-order valence-corrected chi connectivity index (χ1v) is 6.60. The van der Waals surface area contributed by atoms with Crippen LogP contribution in [0.3, 0.4) is 0 Å². The molecule has 0 spiro atoms. The topological polar surface area (TPSA) is 95.7 Å². The van der Waals surface area contributed by atoms with Gasteiger partial charge in [-0.1, -0.05) is 0 Å². The highest BCUT2D eigenvalue weighted by atomic mass is 16.6. The minimum atomic E-state index is -0.575. The SMILES string of the molecule is CC(=O)O[C@H]1CCC[C@@H]1OC(=O)c1ccc([N+](=O)[O-])cc1. The Morgan fingerprint density at radius 3 is 2.24 bits per heavy atom. The summed E-state index contributed by atoms with van der Waals surface area (Å²) in [6.07, 6.45) is 1.24. The molecule has 7 nitrogen and oxygen atoms in total. The first kappa shape index (κ1) is 15.0. The Bertz CT molecular complexity index is 553. The van der Waals surface area contributed by atoms with Gasteiger partial charge in [-0.2, -0.15) is 0 Å². The molecule has 1 fully saturated rings. The largest absolute Gasteiger partial charge is 0.459 e. The second-order valence-electron chi connectivity index (χ2n) is 4.83. The quantitative estimate of drug-likeness (QED) is 0.480. The molecule has 0 amide bonds. The average Bonchev–Trinajstić information content (AvgIpc) is 2.85. The lowest BCUT2D eigenvalue weighted by atomic mass is 10.2. The van der Waals surface area contributed by atoms with Crippen LogP contribution in [0.25, 0.3) is 0 Å². The zero-order valence-corrected chi connectivity index (χ0v) is 11.5. The van der Waals surface area contributed by atoms with Gasteiger partial charge < -0.3 is 9.47 Å². The molecule has 21 heavy (non-hydrogen) atoms. The van der Waals surface area contributed by atoms with Crippen molar-refractivity contribution in [3.8, 4) is 0 Å². The first-order valence-electron chi connectivity index (χ1n) is 6.60. The van der Waals surface area contributed by atoms with Crippen LogP contribution in [0.2, 0.25) is 0 Å². The van der Waals surface area contributed by atoms with Gasteiger partial charge in [0, 0.05) is 19.1 Å². The minimum Gasteiger partial charge on any atom is -0.459 e. The van der Waals surface area contributed by atoms with Crippen molar-refractivity contribution in [2.75, 3.05) is 0 Å². The van der Waals surface area contributed by atoms with Crippen molar-refractivity contribution in [1.29, 1.82) is 0 Å². The van der Waals surface area contributed by atoms with Gasteiger partial charge >= 0.3 is 11.9 Å². The highest BCUT2D eigenvalue weighted by molar-refractivity contribution is 5.89. The number of non-ortho nitro benzene ring substituents is 1. The van der Waals surface area contributed by atoms with E-state index in [1.54, 1.807) is 0 Å². The van der Waals surface area contributed by atoms with Crippen LogP contribution in [0.5, 0.6) is 0 Å². The van der Waals surface area contributed by atoms with Gasteiger partial charge in [0.2, 0.25) is 0 Å². The van der Waals surface area contributed by atoms with E-state index in [2.05, 4.69) is 0 Å². The van der Waals surface area contributed by atoms with E-state index in [0.717, 1.165) is 6.42 Å². The molecule has 0 radical (unpaired) electrons. The third kappa shape index (κ3) is 3.77. The monoisotopic (exact) mass is 293 g/mol. The van der Waals surface area contributed by atoms with Crippen molar-refractivity contribution < 1.29 is 24.0 Å². The van der Waals surface area contributed by atoms with Crippen molar-refractivity contribution in [3.05, 3.63) is 39.9 Å².